The van der Waals surface area contributed by atoms with Gasteiger partial charge in [0.2, 0.25) is 0 Å². The van der Waals surface area contributed by atoms with Gasteiger partial charge < -0.3 is 0 Å². The van der Waals surface area contributed by atoms with E-state index < -0.39 is 0 Å². The molecule has 4 nitrogen and oxygen atoms in total. The lowest BCUT2D eigenvalue weighted by atomic mass is 9.96. The van der Waals surface area contributed by atoms with Gasteiger partial charge in [0, 0.05) is 31.9 Å². The summed E-state index contributed by atoms with van der Waals surface area (Å²) in [5.74, 6) is -0.190. The van der Waals surface area contributed by atoms with Gasteiger partial charge in [-0.15, -0.1) is 0 Å². The van der Waals surface area contributed by atoms with Gasteiger partial charge in [-0.05, 0) is 66.7 Å². The van der Waals surface area contributed by atoms with Crippen molar-refractivity contribution in [1.29, 1.82) is 0 Å². The van der Waals surface area contributed by atoms with Gasteiger partial charge in [0.05, 0.1) is 5.69 Å². The van der Waals surface area contributed by atoms with Gasteiger partial charge in [-0.1, -0.05) is 36.4 Å². The molecule has 0 N–H and O–H groups in total. The summed E-state index contributed by atoms with van der Waals surface area (Å²) in [5.41, 5.74) is 6.10. The van der Waals surface area contributed by atoms with Crippen molar-refractivity contribution in [2.24, 2.45) is 0 Å². The number of piperidine rings is 1. The topological polar surface area (TPSA) is 32.3 Å². The first-order chi connectivity index (χ1) is 14.8. The van der Waals surface area contributed by atoms with Crippen molar-refractivity contribution < 1.29 is 4.39 Å². The molecule has 1 aromatic heterocycles. The van der Waals surface area contributed by atoms with Gasteiger partial charge in [-0.3, -0.25) is 9.80 Å². The van der Waals surface area contributed by atoms with E-state index in [1.807, 2.05) is 18.3 Å². The number of aromatic nitrogens is 2. The van der Waals surface area contributed by atoms with E-state index >= 15 is 0 Å². The number of fused-ring (bicyclic) bond motifs is 1. The van der Waals surface area contributed by atoms with Gasteiger partial charge >= 0.3 is 0 Å². The number of hydrogen-bond donors (Lipinski definition) is 0. The molecular formula is C25H27FN4. The SMILES string of the molecule is Fc1ccc(-c2ccccc2CN2CCC(N3CCc4cncnc4C3)CC2)cc1. The molecule has 154 valence electrons. The Hall–Kier alpha value is -2.63. The van der Waals surface area contributed by atoms with Crippen LogP contribution in [0.1, 0.15) is 29.7 Å². The third-order valence-electron chi connectivity index (χ3n) is 6.54. The molecule has 0 aliphatic carbocycles. The predicted molar refractivity (Wildman–Crippen MR) is 116 cm³/mol. The number of rotatable bonds is 4. The number of likely N-dealkylation sites (tertiary alicyclic amines) is 1. The molecule has 5 heteroatoms. The Bertz CT molecular complexity index is 996. The van der Waals surface area contributed by atoms with Gasteiger partial charge in [-0.25, -0.2) is 14.4 Å². The summed E-state index contributed by atoms with van der Waals surface area (Å²) >= 11 is 0. The third kappa shape index (κ3) is 4.13. The lowest BCUT2D eigenvalue weighted by Crippen LogP contribution is -2.46. The molecule has 0 saturated carbocycles. The highest BCUT2D eigenvalue weighted by atomic mass is 19.1. The zero-order valence-electron chi connectivity index (χ0n) is 17.2. The van der Waals surface area contributed by atoms with Crippen molar-refractivity contribution in [1.82, 2.24) is 19.8 Å². The summed E-state index contributed by atoms with van der Waals surface area (Å²) in [6.45, 7) is 5.22. The van der Waals surface area contributed by atoms with Crippen LogP contribution in [-0.2, 0) is 19.5 Å². The highest BCUT2D eigenvalue weighted by Crippen LogP contribution is 2.28. The van der Waals surface area contributed by atoms with Gasteiger partial charge in [0.25, 0.3) is 0 Å². The number of nitrogens with zero attached hydrogens (tertiary/aromatic N) is 4. The molecule has 2 aliphatic heterocycles. The Morgan fingerprint density at radius 3 is 2.60 bits per heavy atom. The lowest BCUT2D eigenvalue weighted by Gasteiger charge is -2.40. The van der Waals surface area contributed by atoms with Crippen molar-refractivity contribution in [3.63, 3.8) is 0 Å². The average molecular weight is 403 g/mol. The minimum absolute atomic E-state index is 0.190. The van der Waals surface area contributed by atoms with Crippen molar-refractivity contribution >= 4 is 0 Å². The average Bonchev–Trinajstić information content (AvgIpc) is 2.80. The van der Waals surface area contributed by atoms with Gasteiger partial charge in [0.1, 0.15) is 12.1 Å². The maximum Gasteiger partial charge on any atom is 0.123 e. The van der Waals surface area contributed by atoms with E-state index in [0.29, 0.717) is 6.04 Å². The van der Waals surface area contributed by atoms with Crippen LogP contribution in [0.5, 0.6) is 0 Å². The zero-order valence-corrected chi connectivity index (χ0v) is 17.2. The van der Waals surface area contributed by atoms with E-state index in [1.165, 1.54) is 35.2 Å². The molecule has 3 heterocycles. The Balaban J connectivity index is 1.22. The largest absolute Gasteiger partial charge is 0.299 e. The molecule has 30 heavy (non-hydrogen) atoms. The fourth-order valence-corrected chi connectivity index (χ4v) is 4.83. The van der Waals surface area contributed by atoms with Crippen LogP contribution in [0.2, 0.25) is 0 Å². The van der Waals surface area contributed by atoms with E-state index in [1.54, 1.807) is 18.5 Å². The Morgan fingerprint density at radius 1 is 0.967 bits per heavy atom. The second kappa shape index (κ2) is 8.62. The molecule has 2 aliphatic rings. The molecule has 0 amide bonds. The van der Waals surface area contributed by atoms with Crippen molar-refractivity contribution in [2.75, 3.05) is 19.6 Å². The van der Waals surface area contributed by atoms with E-state index in [2.05, 4.69) is 44.0 Å². The molecule has 0 bridgehead atoms. The normalized spacial score (nSPS) is 18.3. The lowest BCUT2D eigenvalue weighted by molar-refractivity contribution is 0.0936. The fraction of sp³-hybridized carbons (Fsp3) is 0.360. The molecule has 0 radical (unpaired) electrons. The van der Waals surface area contributed by atoms with Crippen LogP contribution in [-0.4, -0.2) is 45.4 Å². The summed E-state index contributed by atoms with van der Waals surface area (Å²) in [6, 6.07) is 16.0. The van der Waals surface area contributed by atoms with Crippen molar-refractivity contribution in [2.45, 2.75) is 38.4 Å². The molecule has 0 atom stereocenters. The van der Waals surface area contributed by atoms with Gasteiger partial charge in [-0.2, -0.15) is 0 Å². The maximum absolute atomic E-state index is 13.3. The minimum atomic E-state index is -0.190. The molecular weight excluding hydrogens is 375 g/mol. The highest BCUT2D eigenvalue weighted by molar-refractivity contribution is 5.67. The smallest absolute Gasteiger partial charge is 0.123 e. The number of hydrogen-bond acceptors (Lipinski definition) is 4. The van der Waals surface area contributed by atoms with Crippen LogP contribution < -0.4 is 0 Å². The third-order valence-corrected chi connectivity index (χ3v) is 6.54. The second-order valence-electron chi connectivity index (χ2n) is 8.39. The predicted octanol–water partition coefficient (Wildman–Crippen LogP) is 4.31. The number of benzene rings is 2. The van der Waals surface area contributed by atoms with Crippen molar-refractivity contribution in [3.8, 4) is 11.1 Å². The van der Waals surface area contributed by atoms with Crippen LogP contribution in [0.15, 0.2) is 61.1 Å². The van der Waals surface area contributed by atoms with E-state index in [4.69, 9.17) is 0 Å². The Morgan fingerprint density at radius 2 is 1.77 bits per heavy atom. The van der Waals surface area contributed by atoms with E-state index in [-0.39, 0.29) is 5.82 Å². The van der Waals surface area contributed by atoms with Crippen LogP contribution in [0.25, 0.3) is 11.1 Å². The van der Waals surface area contributed by atoms with Crippen LogP contribution in [0.4, 0.5) is 4.39 Å². The van der Waals surface area contributed by atoms with E-state index in [9.17, 15) is 4.39 Å². The molecule has 0 spiro atoms. The first-order valence-electron chi connectivity index (χ1n) is 10.8. The minimum Gasteiger partial charge on any atom is -0.299 e. The Kier molecular flexibility index (Phi) is 5.56. The van der Waals surface area contributed by atoms with Crippen LogP contribution in [0, 0.1) is 5.82 Å². The molecule has 0 unspecified atom stereocenters. The second-order valence-corrected chi connectivity index (χ2v) is 8.39. The summed E-state index contributed by atoms with van der Waals surface area (Å²) in [6.07, 6.45) is 7.09. The van der Waals surface area contributed by atoms with Gasteiger partial charge in [0.15, 0.2) is 0 Å². The fourth-order valence-electron chi connectivity index (χ4n) is 4.83. The first kappa shape index (κ1) is 19.3. The molecule has 5 rings (SSSR count). The quantitative estimate of drug-likeness (QED) is 0.651. The van der Waals surface area contributed by atoms with E-state index in [0.717, 1.165) is 44.7 Å². The molecule has 3 aromatic rings. The first-order valence-corrected chi connectivity index (χ1v) is 10.8. The molecule has 2 aromatic carbocycles. The van der Waals surface area contributed by atoms with Crippen LogP contribution in [0.3, 0.4) is 0 Å². The summed E-state index contributed by atoms with van der Waals surface area (Å²) < 4.78 is 13.3. The summed E-state index contributed by atoms with van der Waals surface area (Å²) in [4.78, 5) is 13.8. The van der Waals surface area contributed by atoms with Crippen molar-refractivity contribution in [3.05, 3.63) is 83.7 Å². The zero-order chi connectivity index (χ0) is 20.3. The highest BCUT2D eigenvalue weighted by Gasteiger charge is 2.28. The maximum atomic E-state index is 13.3. The summed E-state index contributed by atoms with van der Waals surface area (Å²) in [5, 5.41) is 0. The summed E-state index contributed by atoms with van der Waals surface area (Å²) in [7, 11) is 0. The monoisotopic (exact) mass is 402 g/mol. The standard InChI is InChI=1S/C25H27FN4/c26-22-7-5-19(6-8-22)24-4-2-1-3-21(24)16-29-12-10-23(11-13-29)30-14-9-20-15-27-18-28-25(20)17-30/h1-8,15,18,23H,9-14,16-17H2. The molecule has 1 saturated heterocycles. The molecule has 1 fully saturated rings. The van der Waals surface area contributed by atoms with Crippen LogP contribution >= 0.6 is 0 Å². The number of halogens is 1. The Labute approximate surface area is 177 Å².